The lowest BCUT2D eigenvalue weighted by molar-refractivity contribution is 0.756. The van der Waals surface area contributed by atoms with E-state index >= 15 is 0 Å². The monoisotopic (exact) mass is 284 g/mol. The fourth-order valence-electron chi connectivity index (χ4n) is 2.30. The molecule has 3 rings (SSSR count). The summed E-state index contributed by atoms with van der Waals surface area (Å²) in [4.78, 5) is 17.1. The first-order valence-electron chi connectivity index (χ1n) is 6.46. The van der Waals surface area contributed by atoms with Gasteiger partial charge in [-0.2, -0.15) is 0 Å². The third kappa shape index (κ3) is 2.10. The van der Waals surface area contributed by atoms with Crippen molar-refractivity contribution in [3.63, 3.8) is 0 Å². The minimum atomic E-state index is -0.0754. The molecule has 0 N–H and O–H groups in total. The lowest BCUT2D eigenvalue weighted by Crippen LogP contribution is -2.22. The second kappa shape index (κ2) is 5.10. The number of fused-ring (bicyclic) bond motifs is 1. The number of aromatic nitrogens is 2. The van der Waals surface area contributed by atoms with Crippen LogP contribution >= 0.6 is 11.6 Å². The third-order valence-electron chi connectivity index (χ3n) is 3.29. The van der Waals surface area contributed by atoms with E-state index < -0.39 is 0 Å². The zero-order valence-corrected chi connectivity index (χ0v) is 11.8. The van der Waals surface area contributed by atoms with Crippen LogP contribution in [0.5, 0.6) is 0 Å². The molecule has 3 aromatic rings. The molecule has 0 unspecified atom stereocenters. The molecular formula is C16H13ClN2O. The van der Waals surface area contributed by atoms with Gasteiger partial charge in [-0.05, 0) is 31.2 Å². The summed E-state index contributed by atoms with van der Waals surface area (Å²) < 4.78 is 1.74. The fourth-order valence-corrected chi connectivity index (χ4v) is 2.43. The minimum Gasteiger partial charge on any atom is -0.305 e. The summed E-state index contributed by atoms with van der Waals surface area (Å²) in [6.45, 7) is 2.57. The number of hydrogen-bond donors (Lipinski definition) is 0. The SMILES string of the molecule is CCn1c(=O)c(-c2ccc(Cl)cc2)nc2ccccc21. The maximum absolute atomic E-state index is 12.6. The standard InChI is InChI=1S/C16H13ClN2O/c1-2-19-14-6-4-3-5-13(14)18-15(16(19)20)11-7-9-12(17)10-8-11/h3-10H,2H2,1H3. The molecule has 0 radical (unpaired) electrons. The Labute approximate surface area is 121 Å². The van der Waals surface area contributed by atoms with Crippen LogP contribution in [0, 0.1) is 0 Å². The van der Waals surface area contributed by atoms with E-state index in [1.54, 1.807) is 16.7 Å². The lowest BCUT2D eigenvalue weighted by atomic mass is 10.1. The van der Waals surface area contributed by atoms with Gasteiger partial charge in [0.05, 0.1) is 11.0 Å². The first-order valence-corrected chi connectivity index (χ1v) is 6.84. The molecule has 20 heavy (non-hydrogen) atoms. The normalized spacial score (nSPS) is 10.9. The van der Waals surface area contributed by atoms with E-state index in [9.17, 15) is 4.79 Å². The van der Waals surface area contributed by atoms with Crippen LogP contribution in [0.2, 0.25) is 5.02 Å². The van der Waals surface area contributed by atoms with Crippen LogP contribution in [0.25, 0.3) is 22.3 Å². The Kier molecular flexibility index (Phi) is 3.28. The molecule has 1 heterocycles. The van der Waals surface area contributed by atoms with Gasteiger partial charge in [-0.1, -0.05) is 35.9 Å². The molecule has 0 saturated heterocycles. The van der Waals surface area contributed by atoms with Crippen molar-refractivity contribution in [2.75, 3.05) is 0 Å². The molecule has 3 nitrogen and oxygen atoms in total. The summed E-state index contributed by atoms with van der Waals surface area (Å²) >= 11 is 5.89. The highest BCUT2D eigenvalue weighted by Gasteiger charge is 2.11. The highest BCUT2D eigenvalue weighted by molar-refractivity contribution is 6.30. The molecule has 0 spiro atoms. The molecule has 0 amide bonds. The Morgan fingerprint density at radius 2 is 1.80 bits per heavy atom. The van der Waals surface area contributed by atoms with Crippen molar-refractivity contribution in [2.24, 2.45) is 0 Å². The summed E-state index contributed by atoms with van der Waals surface area (Å²) in [6, 6.07) is 14.8. The van der Waals surface area contributed by atoms with Crippen LogP contribution in [-0.2, 0) is 6.54 Å². The predicted octanol–water partition coefficient (Wildman–Crippen LogP) is 3.74. The summed E-state index contributed by atoms with van der Waals surface area (Å²) in [5.41, 5.74) is 2.85. The summed E-state index contributed by atoms with van der Waals surface area (Å²) in [7, 11) is 0. The Bertz CT molecular complexity index is 822. The number of halogens is 1. The van der Waals surface area contributed by atoms with Gasteiger partial charge in [0, 0.05) is 17.1 Å². The van der Waals surface area contributed by atoms with E-state index in [1.807, 2.05) is 43.3 Å². The average molecular weight is 285 g/mol. The topological polar surface area (TPSA) is 34.9 Å². The van der Waals surface area contributed by atoms with Gasteiger partial charge in [0.15, 0.2) is 0 Å². The quantitative estimate of drug-likeness (QED) is 0.718. The Morgan fingerprint density at radius 3 is 2.50 bits per heavy atom. The zero-order valence-electron chi connectivity index (χ0n) is 11.0. The van der Waals surface area contributed by atoms with Gasteiger partial charge < -0.3 is 4.57 Å². The number of para-hydroxylation sites is 2. The number of benzene rings is 2. The minimum absolute atomic E-state index is 0.0754. The number of aryl methyl sites for hydroxylation is 1. The second-order valence-corrected chi connectivity index (χ2v) is 4.94. The highest BCUT2D eigenvalue weighted by Crippen LogP contribution is 2.19. The van der Waals surface area contributed by atoms with E-state index in [1.165, 1.54) is 0 Å². The van der Waals surface area contributed by atoms with Crippen molar-refractivity contribution in [2.45, 2.75) is 13.5 Å². The van der Waals surface area contributed by atoms with Gasteiger partial charge in [-0.25, -0.2) is 4.98 Å². The molecule has 2 aromatic carbocycles. The molecular weight excluding hydrogens is 272 g/mol. The summed E-state index contributed by atoms with van der Waals surface area (Å²) in [6.07, 6.45) is 0. The van der Waals surface area contributed by atoms with Crippen LogP contribution in [-0.4, -0.2) is 9.55 Å². The van der Waals surface area contributed by atoms with E-state index in [4.69, 9.17) is 11.6 Å². The predicted molar refractivity (Wildman–Crippen MR) is 82.1 cm³/mol. The molecule has 0 fully saturated rings. The zero-order chi connectivity index (χ0) is 14.1. The molecule has 4 heteroatoms. The highest BCUT2D eigenvalue weighted by atomic mass is 35.5. The van der Waals surface area contributed by atoms with Crippen molar-refractivity contribution in [1.82, 2.24) is 9.55 Å². The second-order valence-electron chi connectivity index (χ2n) is 4.51. The number of nitrogens with zero attached hydrogens (tertiary/aromatic N) is 2. The van der Waals surface area contributed by atoms with Crippen molar-refractivity contribution in [3.05, 3.63) is 63.9 Å². The van der Waals surface area contributed by atoms with Crippen molar-refractivity contribution in [3.8, 4) is 11.3 Å². The lowest BCUT2D eigenvalue weighted by Gasteiger charge is -2.10. The van der Waals surface area contributed by atoms with Crippen molar-refractivity contribution in [1.29, 1.82) is 0 Å². The van der Waals surface area contributed by atoms with Gasteiger partial charge in [0.25, 0.3) is 5.56 Å². The van der Waals surface area contributed by atoms with Gasteiger partial charge in [-0.3, -0.25) is 4.79 Å². The van der Waals surface area contributed by atoms with E-state index in [-0.39, 0.29) is 5.56 Å². The van der Waals surface area contributed by atoms with Gasteiger partial charge >= 0.3 is 0 Å². The van der Waals surface area contributed by atoms with Crippen LogP contribution in [0.4, 0.5) is 0 Å². The molecule has 0 saturated carbocycles. The van der Waals surface area contributed by atoms with E-state index in [0.717, 1.165) is 16.6 Å². The Balaban J connectivity index is 2.34. The fraction of sp³-hybridized carbons (Fsp3) is 0.125. The summed E-state index contributed by atoms with van der Waals surface area (Å²) in [5.74, 6) is 0. The largest absolute Gasteiger partial charge is 0.305 e. The van der Waals surface area contributed by atoms with Gasteiger partial charge in [-0.15, -0.1) is 0 Å². The van der Waals surface area contributed by atoms with Crippen LogP contribution in [0.3, 0.4) is 0 Å². The van der Waals surface area contributed by atoms with Crippen molar-refractivity contribution >= 4 is 22.6 Å². The summed E-state index contributed by atoms with van der Waals surface area (Å²) in [5, 5.41) is 0.644. The Hall–Kier alpha value is -2.13. The average Bonchev–Trinajstić information content (AvgIpc) is 2.48. The number of hydrogen-bond acceptors (Lipinski definition) is 2. The van der Waals surface area contributed by atoms with Crippen molar-refractivity contribution < 1.29 is 0 Å². The first kappa shape index (κ1) is 12.9. The maximum Gasteiger partial charge on any atom is 0.277 e. The third-order valence-corrected chi connectivity index (χ3v) is 3.54. The van der Waals surface area contributed by atoms with Gasteiger partial charge in [0.1, 0.15) is 5.69 Å². The number of rotatable bonds is 2. The smallest absolute Gasteiger partial charge is 0.277 e. The van der Waals surface area contributed by atoms with Crippen LogP contribution in [0.1, 0.15) is 6.92 Å². The van der Waals surface area contributed by atoms with E-state index in [0.29, 0.717) is 17.3 Å². The molecule has 1 aromatic heterocycles. The van der Waals surface area contributed by atoms with Crippen LogP contribution in [0.15, 0.2) is 53.3 Å². The van der Waals surface area contributed by atoms with E-state index in [2.05, 4.69) is 4.98 Å². The molecule has 0 aliphatic carbocycles. The maximum atomic E-state index is 12.6. The van der Waals surface area contributed by atoms with Gasteiger partial charge in [0.2, 0.25) is 0 Å². The molecule has 0 aliphatic rings. The molecule has 0 atom stereocenters. The Morgan fingerprint density at radius 1 is 1.10 bits per heavy atom. The van der Waals surface area contributed by atoms with Crippen LogP contribution < -0.4 is 5.56 Å². The molecule has 0 aliphatic heterocycles. The molecule has 0 bridgehead atoms. The first-order chi connectivity index (χ1) is 9.70. The molecule has 100 valence electrons.